The van der Waals surface area contributed by atoms with Crippen LogP contribution in [0.3, 0.4) is 0 Å². The number of unbranched alkanes of at least 4 members (excludes halogenated alkanes) is 4. The maximum Gasteiger partial charge on any atom is 0.205 e. The smallest absolute Gasteiger partial charge is 0.205 e. The van der Waals surface area contributed by atoms with Crippen LogP contribution < -0.4 is 14.4 Å². The van der Waals surface area contributed by atoms with E-state index in [4.69, 9.17) is 0 Å². The van der Waals surface area contributed by atoms with Crippen molar-refractivity contribution in [1.29, 1.82) is 0 Å². The van der Waals surface area contributed by atoms with Gasteiger partial charge in [-0.2, -0.15) is 4.57 Å². The van der Waals surface area contributed by atoms with Crippen molar-refractivity contribution in [2.45, 2.75) is 79.1 Å². The quantitative estimate of drug-likeness (QED) is 0.145. The Bertz CT molecular complexity index is 1080. The lowest BCUT2D eigenvalue weighted by molar-refractivity contribution is -0.675. The predicted molar refractivity (Wildman–Crippen MR) is 182 cm³/mol. The number of aromatic nitrogens is 1. The molecule has 2 aromatic carbocycles. The van der Waals surface area contributed by atoms with Gasteiger partial charge in [-0.1, -0.05) is 77.6 Å². The molecule has 3 rings (SSSR count). The molecule has 0 bridgehead atoms. The number of nitrogens with zero attached hydrogens (tertiary/aromatic N) is 3. The van der Waals surface area contributed by atoms with Gasteiger partial charge < -0.3 is 9.80 Å². The van der Waals surface area contributed by atoms with Gasteiger partial charge in [-0.15, -0.1) is 0 Å². The molecule has 0 N–H and O–H groups in total. The van der Waals surface area contributed by atoms with E-state index in [9.17, 15) is 0 Å². The third kappa shape index (κ3) is 10.5. The number of hydrogen-bond acceptors (Lipinski definition) is 2. The Morgan fingerprint density at radius 3 is 1.15 bits per heavy atom. The van der Waals surface area contributed by atoms with Crippen molar-refractivity contribution in [1.82, 2.24) is 0 Å². The Morgan fingerprint density at radius 2 is 0.829 bits per heavy atom. The third-order valence-corrected chi connectivity index (χ3v) is 7.84. The summed E-state index contributed by atoms with van der Waals surface area (Å²) >= 11 is 0. The van der Waals surface area contributed by atoms with Crippen LogP contribution in [0.15, 0.2) is 66.7 Å². The van der Waals surface area contributed by atoms with Crippen LogP contribution in [0.25, 0.3) is 24.3 Å². The molecule has 0 radical (unpaired) electrons. The van der Waals surface area contributed by atoms with Gasteiger partial charge in [-0.05, 0) is 79.3 Å². The van der Waals surface area contributed by atoms with Crippen LogP contribution in [0.1, 0.15) is 102 Å². The van der Waals surface area contributed by atoms with E-state index in [-0.39, 0.29) is 0 Å². The molecule has 0 unspecified atom stereocenters. The highest BCUT2D eigenvalue weighted by Crippen LogP contribution is 2.20. The van der Waals surface area contributed by atoms with Gasteiger partial charge in [0, 0.05) is 61.8 Å². The zero-order valence-corrected chi connectivity index (χ0v) is 26.5. The largest absolute Gasteiger partial charge is 0.372 e. The second-order valence-electron chi connectivity index (χ2n) is 11.2. The average molecular weight is 553 g/mol. The van der Waals surface area contributed by atoms with Crippen LogP contribution in [0.2, 0.25) is 0 Å². The van der Waals surface area contributed by atoms with Crippen molar-refractivity contribution in [2.24, 2.45) is 7.05 Å². The fourth-order valence-corrected chi connectivity index (χ4v) is 5.04. The molecule has 1 aromatic heterocycles. The highest BCUT2D eigenvalue weighted by atomic mass is 15.1. The van der Waals surface area contributed by atoms with E-state index in [1.807, 2.05) is 0 Å². The molecule has 0 spiro atoms. The lowest BCUT2D eigenvalue weighted by Gasteiger charge is -2.24. The first kappa shape index (κ1) is 32.2. The van der Waals surface area contributed by atoms with E-state index in [2.05, 4.69) is 140 Å². The number of rotatable bonds is 18. The molecule has 0 aliphatic heterocycles. The molecule has 3 heteroatoms. The summed E-state index contributed by atoms with van der Waals surface area (Å²) in [6.45, 7) is 13.6. The summed E-state index contributed by atoms with van der Waals surface area (Å²) in [5.74, 6) is 0. The highest BCUT2D eigenvalue weighted by Gasteiger charge is 2.09. The molecule has 0 aliphatic carbocycles. The maximum atomic E-state index is 2.54. The van der Waals surface area contributed by atoms with Crippen molar-refractivity contribution in [3.8, 4) is 0 Å². The minimum atomic E-state index is 1.14. The minimum Gasteiger partial charge on any atom is -0.372 e. The summed E-state index contributed by atoms with van der Waals surface area (Å²) in [5, 5.41) is 0. The second kappa shape index (κ2) is 18.2. The standard InChI is InChI=1S/C38H54N3/c1-6-10-29-40(30-11-7-2)37-25-19-33(20-26-37)17-23-35-15-14-16-36(39(35)5)24-18-34-21-27-38(28-22-34)41(31-12-8-3)32-13-9-4/h14-28H,6-13,29-32H2,1-5H3/q+1. The molecule has 41 heavy (non-hydrogen) atoms. The van der Waals surface area contributed by atoms with Crippen LogP contribution in [0, 0.1) is 0 Å². The van der Waals surface area contributed by atoms with E-state index in [0.717, 1.165) is 26.2 Å². The zero-order valence-electron chi connectivity index (χ0n) is 26.5. The SMILES string of the molecule is CCCCN(CCCC)c1ccc(/C=C/c2cccc(/C=C/c3ccc(N(CCCC)CCCC)cc3)[n+]2C)cc1. The van der Waals surface area contributed by atoms with Gasteiger partial charge >= 0.3 is 0 Å². The first-order chi connectivity index (χ1) is 20.1. The number of hydrogen-bond donors (Lipinski definition) is 0. The summed E-state index contributed by atoms with van der Waals surface area (Å²) < 4.78 is 2.25. The predicted octanol–water partition coefficient (Wildman–Crippen LogP) is 9.67. The number of benzene rings is 2. The topological polar surface area (TPSA) is 10.4 Å². The fourth-order valence-electron chi connectivity index (χ4n) is 5.04. The van der Waals surface area contributed by atoms with Gasteiger partial charge in [-0.25, -0.2) is 0 Å². The van der Waals surface area contributed by atoms with Crippen LogP contribution in [0.5, 0.6) is 0 Å². The first-order valence-corrected chi connectivity index (χ1v) is 16.1. The van der Waals surface area contributed by atoms with E-state index >= 15 is 0 Å². The van der Waals surface area contributed by atoms with Gasteiger partial charge in [0.1, 0.15) is 7.05 Å². The fraction of sp³-hybridized carbons (Fsp3) is 0.447. The molecule has 0 fully saturated rings. The van der Waals surface area contributed by atoms with Crippen LogP contribution >= 0.6 is 0 Å². The zero-order chi connectivity index (χ0) is 29.3. The van der Waals surface area contributed by atoms with Crippen molar-refractivity contribution in [2.75, 3.05) is 36.0 Å². The van der Waals surface area contributed by atoms with Gasteiger partial charge in [0.15, 0.2) is 0 Å². The third-order valence-electron chi connectivity index (χ3n) is 7.84. The van der Waals surface area contributed by atoms with Crippen LogP contribution in [0.4, 0.5) is 11.4 Å². The van der Waals surface area contributed by atoms with Crippen molar-refractivity contribution in [3.05, 3.63) is 89.2 Å². The highest BCUT2D eigenvalue weighted by molar-refractivity contribution is 5.70. The Balaban J connectivity index is 1.67. The molecule has 3 nitrogen and oxygen atoms in total. The molecule has 3 aromatic rings. The van der Waals surface area contributed by atoms with Gasteiger partial charge in [0.25, 0.3) is 0 Å². The van der Waals surface area contributed by atoms with Crippen molar-refractivity contribution < 1.29 is 4.57 Å². The lowest BCUT2D eigenvalue weighted by Crippen LogP contribution is -2.35. The molecule has 220 valence electrons. The average Bonchev–Trinajstić information content (AvgIpc) is 3.01. The second-order valence-corrected chi connectivity index (χ2v) is 11.2. The monoisotopic (exact) mass is 552 g/mol. The van der Waals surface area contributed by atoms with Gasteiger partial charge in [0.05, 0.1) is 0 Å². The normalized spacial score (nSPS) is 11.5. The summed E-state index contributed by atoms with van der Waals surface area (Å²) in [6, 6.07) is 24.6. The molecule has 0 amide bonds. The summed E-state index contributed by atoms with van der Waals surface area (Å²) in [6.07, 6.45) is 18.8. The van der Waals surface area contributed by atoms with Crippen molar-refractivity contribution in [3.63, 3.8) is 0 Å². The molecule has 0 aliphatic rings. The van der Waals surface area contributed by atoms with Crippen LogP contribution in [-0.4, -0.2) is 26.2 Å². The molecule has 0 atom stereocenters. The van der Waals surface area contributed by atoms with E-state index in [0.29, 0.717) is 0 Å². The Kier molecular flexibility index (Phi) is 14.3. The van der Waals surface area contributed by atoms with Gasteiger partial charge in [0.2, 0.25) is 11.4 Å². The summed E-state index contributed by atoms with van der Waals surface area (Å²) in [5.41, 5.74) is 7.50. The Labute approximate surface area is 251 Å². The van der Waals surface area contributed by atoms with E-state index < -0.39 is 0 Å². The molecular weight excluding hydrogens is 498 g/mol. The van der Waals surface area contributed by atoms with Crippen LogP contribution in [-0.2, 0) is 7.05 Å². The first-order valence-electron chi connectivity index (χ1n) is 16.1. The summed E-state index contributed by atoms with van der Waals surface area (Å²) in [7, 11) is 2.14. The number of anilines is 2. The number of pyridine rings is 1. The molecule has 1 heterocycles. The molecule has 0 saturated carbocycles. The Hall–Kier alpha value is -3.33. The molecule has 0 saturated heterocycles. The lowest BCUT2D eigenvalue weighted by atomic mass is 10.1. The Morgan fingerprint density at radius 1 is 0.488 bits per heavy atom. The van der Waals surface area contributed by atoms with E-state index in [1.54, 1.807) is 0 Å². The van der Waals surface area contributed by atoms with Crippen molar-refractivity contribution >= 4 is 35.7 Å². The van der Waals surface area contributed by atoms with E-state index in [1.165, 1.54) is 85.3 Å². The van der Waals surface area contributed by atoms with Gasteiger partial charge in [-0.3, -0.25) is 0 Å². The molecular formula is C38H54N3+. The minimum absolute atomic E-state index is 1.14. The summed E-state index contributed by atoms with van der Waals surface area (Å²) in [4.78, 5) is 5.08. The maximum absolute atomic E-state index is 2.54.